The van der Waals surface area contributed by atoms with Crippen molar-refractivity contribution < 1.29 is 22.7 Å². The molecule has 1 atom stereocenters. The van der Waals surface area contributed by atoms with E-state index in [-0.39, 0.29) is 17.3 Å². The van der Waals surface area contributed by atoms with E-state index in [9.17, 15) is 18.0 Å². The van der Waals surface area contributed by atoms with Crippen LogP contribution in [-0.4, -0.2) is 51.9 Å². The Morgan fingerprint density at radius 2 is 1.62 bits per heavy atom. The molecular formula is C28H33N3O5S. The zero-order valence-corrected chi connectivity index (χ0v) is 22.4. The fourth-order valence-corrected chi connectivity index (χ4v) is 5.34. The number of methoxy groups -OCH3 is 1. The molecule has 8 nitrogen and oxygen atoms in total. The lowest BCUT2D eigenvalue weighted by atomic mass is 10.1. The van der Waals surface area contributed by atoms with Crippen LogP contribution in [-0.2, 0) is 32.6 Å². The Morgan fingerprint density at radius 3 is 2.22 bits per heavy atom. The molecule has 0 radical (unpaired) electrons. The Kier molecular flexibility index (Phi) is 9.30. The Hall–Kier alpha value is -3.85. The monoisotopic (exact) mass is 523 g/mol. The zero-order chi connectivity index (χ0) is 27.0. The van der Waals surface area contributed by atoms with Crippen LogP contribution in [0.15, 0.2) is 83.8 Å². The van der Waals surface area contributed by atoms with Crippen molar-refractivity contribution in [1.29, 1.82) is 0 Å². The van der Waals surface area contributed by atoms with E-state index < -0.39 is 28.5 Å². The molecule has 0 saturated heterocycles. The lowest BCUT2D eigenvalue weighted by Gasteiger charge is -2.32. The van der Waals surface area contributed by atoms with Crippen molar-refractivity contribution in [2.45, 2.75) is 37.8 Å². The highest BCUT2D eigenvalue weighted by molar-refractivity contribution is 7.92. The highest BCUT2D eigenvalue weighted by Crippen LogP contribution is 2.25. The van der Waals surface area contributed by atoms with Gasteiger partial charge in [-0.1, -0.05) is 49.4 Å². The van der Waals surface area contributed by atoms with Gasteiger partial charge in [0.2, 0.25) is 11.8 Å². The summed E-state index contributed by atoms with van der Waals surface area (Å²) < 4.78 is 33.8. The van der Waals surface area contributed by atoms with Crippen LogP contribution in [0, 0.1) is 0 Å². The molecule has 1 N–H and O–H groups in total. The Bertz CT molecular complexity index is 1310. The third-order valence-electron chi connectivity index (χ3n) is 6.14. The minimum Gasteiger partial charge on any atom is -0.497 e. The van der Waals surface area contributed by atoms with Gasteiger partial charge in [-0.3, -0.25) is 13.9 Å². The van der Waals surface area contributed by atoms with Gasteiger partial charge in [-0.05, 0) is 60.9 Å². The molecule has 0 aliphatic heterocycles. The number of hydrogen-bond donors (Lipinski definition) is 1. The van der Waals surface area contributed by atoms with E-state index in [0.717, 1.165) is 21.9 Å². The minimum atomic E-state index is -4.07. The number of carbonyl (C=O) groups is 2. The highest BCUT2D eigenvalue weighted by Gasteiger charge is 2.32. The molecule has 0 heterocycles. The molecule has 0 aliphatic carbocycles. The second-order valence-electron chi connectivity index (χ2n) is 8.51. The molecule has 0 unspecified atom stereocenters. The molecule has 3 aromatic rings. The van der Waals surface area contributed by atoms with Gasteiger partial charge in [0, 0.05) is 13.6 Å². The van der Waals surface area contributed by atoms with E-state index in [1.807, 2.05) is 25.1 Å². The van der Waals surface area contributed by atoms with Crippen LogP contribution in [0.5, 0.6) is 5.75 Å². The van der Waals surface area contributed by atoms with E-state index in [0.29, 0.717) is 11.4 Å². The topological polar surface area (TPSA) is 96.0 Å². The van der Waals surface area contributed by atoms with Crippen LogP contribution in [0.4, 0.5) is 5.69 Å². The van der Waals surface area contributed by atoms with Crippen molar-refractivity contribution in [3.8, 4) is 5.75 Å². The van der Waals surface area contributed by atoms with Crippen molar-refractivity contribution in [1.82, 2.24) is 10.2 Å². The number of nitrogens with one attached hydrogen (secondary N) is 1. The molecule has 9 heteroatoms. The third kappa shape index (κ3) is 6.68. The number of benzene rings is 3. The van der Waals surface area contributed by atoms with Crippen LogP contribution in [0.1, 0.15) is 25.0 Å². The van der Waals surface area contributed by atoms with Crippen LogP contribution >= 0.6 is 0 Å². The summed E-state index contributed by atoms with van der Waals surface area (Å²) in [6.45, 7) is 3.24. The quantitative estimate of drug-likeness (QED) is 0.414. The number of rotatable bonds is 11. The summed E-state index contributed by atoms with van der Waals surface area (Å²) in [4.78, 5) is 27.8. The fraction of sp³-hybridized carbons (Fsp3) is 0.286. The van der Waals surface area contributed by atoms with Gasteiger partial charge in [0.15, 0.2) is 0 Å². The molecule has 196 valence electrons. The molecule has 2 amide bonds. The van der Waals surface area contributed by atoms with Gasteiger partial charge in [0.1, 0.15) is 18.3 Å². The number of hydrogen-bond acceptors (Lipinski definition) is 5. The molecular weight excluding hydrogens is 490 g/mol. The van der Waals surface area contributed by atoms with Crippen LogP contribution in [0.25, 0.3) is 0 Å². The molecule has 0 aromatic heterocycles. The number of sulfonamides is 1. The first-order chi connectivity index (χ1) is 17.7. The summed E-state index contributed by atoms with van der Waals surface area (Å²) in [5.41, 5.74) is 2.15. The standard InChI is InChI=1S/C28H33N3O5S/c1-5-22-14-16-24(17-15-22)31(37(34,35)26-12-7-6-8-13-26)20-27(32)30(21(2)28(33)29-3)19-23-10-9-11-25(18-23)36-4/h6-18,21H,5,19-20H2,1-4H3,(H,29,33)/t21-/m0/s1. The largest absolute Gasteiger partial charge is 0.497 e. The van der Waals surface area contributed by atoms with Gasteiger partial charge < -0.3 is 15.0 Å². The van der Waals surface area contributed by atoms with E-state index in [1.165, 1.54) is 24.1 Å². The van der Waals surface area contributed by atoms with E-state index in [4.69, 9.17) is 4.74 Å². The molecule has 3 rings (SSSR count). The molecule has 0 spiro atoms. The average Bonchev–Trinajstić information content (AvgIpc) is 2.94. The van der Waals surface area contributed by atoms with Gasteiger partial charge in [-0.2, -0.15) is 0 Å². The summed E-state index contributed by atoms with van der Waals surface area (Å²) in [6, 6.07) is 21.4. The number of amides is 2. The third-order valence-corrected chi connectivity index (χ3v) is 7.93. The summed E-state index contributed by atoms with van der Waals surface area (Å²) in [7, 11) is -1.03. The Labute approximate surface area is 218 Å². The van der Waals surface area contributed by atoms with Crippen molar-refractivity contribution in [3.05, 3.63) is 90.0 Å². The van der Waals surface area contributed by atoms with Crippen LogP contribution in [0.3, 0.4) is 0 Å². The predicted octanol–water partition coefficient (Wildman–Crippen LogP) is 3.62. The number of aryl methyl sites for hydroxylation is 1. The van der Waals surface area contributed by atoms with Crippen molar-refractivity contribution >= 4 is 27.5 Å². The SMILES string of the molecule is CCc1ccc(N(CC(=O)N(Cc2cccc(OC)c2)[C@@H](C)C(=O)NC)S(=O)(=O)c2ccccc2)cc1. The maximum Gasteiger partial charge on any atom is 0.264 e. The van der Waals surface area contributed by atoms with Crippen LogP contribution in [0.2, 0.25) is 0 Å². The van der Waals surface area contributed by atoms with Gasteiger partial charge in [-0.15, -0.1) is 0 Å². The fourth-order valence-electron chi connectivity index (χ4n) is 3.91. The predicted molar refractivity (Wildman–Crippen MR) is 144 cm³/mol. The van der Waals surface area contributed by atoms with Crippen molar-refractivity contribution in [3.63, 3.8) is 0 Å². The van der Waals surface area contributed by atoms with Crippen molar-refractivity contribution in [2.75, 3.05) is 25.0 Å². The van der Waals surface area contributed by atoms with Gasteiger partial charge in [0.05, 0.1) is 17.7 Å². The Balaban J connectivity index is 2.02. The van der Waals surface area contributed by atoms with Gasteiger partial charge >= 0.3 is 0 Å². The molecule has 3 aromatic carbocycles. The number of anilines is 1. The summed E-state index contributed by atoms with van der Waals surface area (Å²) >= 11 is 0. The zero-order valence-electron chi connectivity index (χ0n) is 21.5. The maximum atomic E-state index is 13.8. The smallest absolute Gasteiger partial charge is 0.264 e. The van der Waals surface area contributed by atoms with Gasteiger partial charge in [0.25, 0.3) is 10.0 Å². The second kappa shape index (κ2) is 12.4. The highest BCUT2D eigenvalue weighted by atomic mass is 32.2. The lowest BCUT2D eigenvalue weighted by molar-refractivity contribution is -0.139. The lowest BCUT2D eigenvalue weighted by Crippen LogP contribution is -2.50. The van der Waals surface area contributed by atoms with E-state index >= 15 is 0 Å². The second-order valence-corrected chi connectivity index (χ2v) is 10.4. The summed E-state index contributed by atoms with van der Waals surface area (Å²) in [6.07, 6.45) is 0.794. The average molecular weight is 524 g/mol. The van der Waals surface area contributed by atoms with Crippen molar-refractivity contribution in [2.24, 2.45) is 0 Å². The maximum absolute atomic E-state index is 13.8. The van der Waals surface area contributed by atoms with E-state index in [1.54, 1.807) is 62.6 Å². The molecule has 0 aliphatic rings. The first kappa shape index (κ1) is 27.7. The molecule has 0 saturated carbocycles. The number of ether oxygens (including phenoxy) is 1. The molecule has 37 heavy (non-hydrogen) atoms. The number of likely N-dealkylation sites (N-methyl/N-ethyl adjacent to an activating group) is 1. The van der Waals surface area contributed by atoms with Gasteiger partial charge in [-0.25, -0.2) is 8.42 Å². The number of nitrogens with zero attached hydrogens (tertiary/aromatic N) is 2. The first-order valence-electron chi connectivity index (χ1n) is 12.0. The van der Waals surface area contributed by atoms with Crippen LogP contribution < -0.4 is 14.4 Å². The summed E-state index contributed by atoms with van der Waals surface area (Å²) in [5, 5.41) is 2.57. The number of carbonyl (C=O) groups excluding carboxylic acids is 2. The summed E-state index contributed by atoms with van der Waals surface area (Å²) in [5.74, 6) is -0.263. The Morgan fingerprint density at radius 1 is 0.946 bits per heavy atom. The van der Waals surface area contributed by atoms with E-state index in [2.05, 4.69) is 5.32 Å². The minimum absolute atomic E-state index is 0.0704. The molecule has 0 fully saturated rings. The first-order valence-corrected chi connectivity index (χ1v) is 13.5. The normalized spacial score (nSPS) is 11.9. The molecule has 0 bridgehead atoms.